The van der Waals surface area contributed by atoms with Crippen LogP contribution < -0.4 is 0 Å². The third-order valence-electron chi connectivity index (χ3n) is 2.33. The SMILES string of the molecule is CC/C=C\c1c(Br)cc(C(C)C)nc1C. The van der Waals surface area contributed by atoms with Crippen LogP contribution in [-0.4, -0.2) is 4.98 Å². The first-order valence-corrected chi connectivity index (χ1v) is 6.19. The van der Waals surface area contributed by atoms with Crippen LogP contribution in [0.5, 0.6) is 0 Å². The highest BCUT2D eigenvalue weighted by molar-refractivity contribution is 9.10. The van der Waals surface area contributed by atoms with Gasteiger partial charge in [0, 0.05) is 21.4 Å². The molecule has 0 unspecified atom stereocenters. The second kappa shape index (κ2) is 5.45. The maximum atomic E-state index is 4.61. The van der Waals surface area contributed by atoms with Crippen molar-refractivity contribution in [1.82, 2.24) is 4.98 Å². The Morgan fingerprint density at radius 1 is 1.47 bits per heavy atom. The molecular formula is C13H18BrN. The fourth-order valence-corrected chi connectivity index (χ4v) is 2.05. The van der Waals surface area contributed by atoms with Gasteiger partial charge >= 0.3 is 0 Å². The molecule has 0 atom stereocenters. The molecule has 0 N–H and O–H groups in total. The summed E-state index contributed by atoms with van der Waals surface area (Å²) >= 11 is 3.61. The van der Waals surface area contributed by atoms with Gasteiger partial charge < -0.3 is 0 Å². The lowest BCUT2D eigenvalue weighted by atomic mass is 10.1. The Labute approximate surface area is 101 Å². The minimum absolute atomic E-state index is 0.476. The van der Waals surface area contributed by atoms with E-state index in [0.29, 0.717) is 5.92 Å². The van der Waals surface area contributed by atoms with Crippen LogP contribution in [-0.2, 0) is 0 Å². The number of pyridine rings is 1. The van der Waals surface area contributed by atoms with Gasteiger partial charge in [-0.3, -0.25) is 4.98 Å². The fraction of sp³-hybridized carbons (Fsp3) is 0.462. The quantitative estimate of drug-likeness (QED) is 0.774. The van der Waals surface area contributed by atoms with E-state index in [1.165, 1.54) is 5.56 Å². The number of hydrogen-bond donors (Lipinski definition) is 0. The third-order valence-corrected chi connectivity index (χ3v) is 2.99. The highest BCUT2D eigenvalue weighted by Crippen LogP contribution is 2.25. The van der Waals surface area contributed by atoms with Gasteiger partial charge in [0.1, 0.15) is 0 Å². The van der Waals surface area contributed by atoms with Crippen LogP contribution in [0, 0.1) is 6.92 Å². The Morgan fingerprint density at radius 2 is 2.13 bits per heavy atom. The van der Waals surface area contributed by atoms with E-state index in [9.17, 15) is 0 Å². The molecule has 1 aromatic heterocycles. The Kier molecular flexibility index (Phi) is 4.52. The molecule has 15 heavy (non-hydrogen) atoms. The predicted octanol–water partition coefficient (Wildman–Crippen LogP) is 4.70. The predicted molar refractivity (Wildman–Crippen MR) is 70.1 cm³/mol. The second-order valence-electron chi connectivity index (χ2n) is 3.99. The van der Waals surface area contributed by atoms with Crippen molar-refractivity contribution in [2.45, 2.75) is 40.0 Å². The van der Waals surface area contributed by atoms with Crippen molar-refractivity contribution in [2.24, 2.45) is 0 Å². The van der Waals surface area contributed by atoms with Crippen molar-refractivity contribution >= 4 is 22.0 Å². The van der Waals surface area contributed by atoms with Gasteiger partial charge in [0.25, 0.3) is 0 Å². The smallest absolute Gasteiger partial charge is 0.0459 e. The Hall–Kier alpha value is -0.630. The van der Waals surface area contributed by atoms with Crippen molar-refractivity contribution < 1.29 is 0 Å². The van der Waals surface area contributed by atoms with Gasteiger partial charge in [0.15, 0.2) is 0 Å². The topological polar surface area (TPSA) is 12.9 Å². The molecule has 0 aliphatic carbocycles. The minimum Gasteiger partial charge on any atom is -0.257 e. The van der Waals surface area contributed by atoms with Crippen molar-refractivity contribution in [3.05, 3.63) is 33.6 Å². The van der Waals surface area contributed by atoms with Crippen LogP contribution in [0.15, 0.2) is 16.6 Å². The maximum Gasteiger partial charge on any atom is 0.0459 e. The number of rotatable bonds is 3. The van der Waals surface area contributed by atoms with Gasteiger partial charge in [-0.2, -0.15) is 0 Å². The molecule has 0 aliphatic heterocycles. The molecule has 0 spiro atoms. The molecule has 1 aromatic rings. The summed E-state index contributed by atoms with van der Waals surface area (Å²) in [5, 5.41) is 0. The van der Waals surface area contributed by atoms with Gasteiger partial charge in [-0.25, -0.2) is 0 Å². The van der Waals surface area contributed by atoms with E-state index in [2.05, 4.69) is 66.8 Å². The highest BCUT2D eigenvalue weighted by Gasteiger charge is 2.07. The van der Waals surface area contributed by atoms with E-state index < -0.39 is 0 Å². The molecule has 0 saturated carbocycles. The molecular weight excluding hydrogens is 250 g/mol. The molecule has 0 saturated heterocycles. The summed E-state index contributed by atoms with van der Waals surface area (Å²) in [6.07, 6.45) is 5.35. The molecule has 2 heteroatoms. The van der Waals surface area contributed by atoms with Gasteiger partial charge in [-0.15, -0.1) is 0 Å². The van der Waals surface area contributed by atoms with Crippen molar-refractivity contribution in [3.63, 3.8) is 0 Å². The van der Waals surface area contributed by atoms with Crippen LogP contribution in [0.2, 0.25) is 0 Å². The summed E-state index contributed by atoms with van der Waals surface area (Å²) in [6, 6.07) is 2.12. The van der Waals surface area contributed by atoms with Crippen LogP contribution in [0.25, 0.3) is 6.08 Å². The molecule has 0 aliphatic rings. The average Bonchev–Trinajstić information content (AvgIpc) is 2.16. The monoisotopic (exact) mass is 267 g/mol. The Balaban J connectivity index is 3.15. The van der Waals surface area contributed by atoms with Crippen LogP contribution >= 0.6 is 15.9 Å². The van der Waals surface area contributed by atoms with E-state index in [1.54, 1.807) is 0 Å². The highest BCUT2D eigenvalue weighted by atomic mass is 79.9. The molecule has 0 fully saturated rings. The van der Waals surface area contributed by atoms with E-state index >= 15 is 0 Å². The lowest BCUT2D eigenvalue weighted by Crippen LogP contribution is -1.97. The molecule has 1 rings (SSSR count). The minimum atomic E-state index is 0.476. The molecule has 0 radical (unpaired) electrons. The second-order valence-corrected chi connectivity index (χ2v) is 4.85. The lowest BCUT2D eigenvalue weighted by molar-refractivity contribution is 0.813. The molecule has 0 amide bonds. The molecule has 82 valence electrons. The molecule has 0 bridgehead atoms. The van der Waals surface area contributed by atoms with Crippen LogP contribution in [0.3, 0.4) is 0 Å². The van der Waals surface area contributed by atoms with Gasteiger partial charge in [-0.1, -0.05) is 48.9 Å². The number of aryl methyl sites for hydroxylation is 1. The normalized spacial score (nSPS) is 11.6. The van der Waals surface area contributed by atoms with E-state index in [-0.39, 0.29) is 0 Å². The summed E-state index contributed by atoms with van der Waals surface area (Å²) in [6.45, 7) is 8.52. The number of allylic oxidation sites excluding steroid dienone is 1. The number of nitrogens with zero attached hydrogens (tertiary/aromatic N) is 1. The van der Waals surface area contributed by atoms with E-state index in [0.717, 1.165) is 22.3 Å². The molecule has 0 aromatic carbocycles. The molecule has 1 nitrogen and oxygen atoms in total. The summed E-state index contributed by atoms with van der Waals surface area (Å²) in [5.41, 5.74) is 3.44. The van der Waals surface area contributed by atoms with E-state index in [1.807, 2.05) is 0 Å². The fourth-order valence-electron chi connectivity index (χ4n) is 1.40. The van der Waals surface area contributed by atoms with Gasteiger partial charge in [0.05, 0.1) is 0 Å². The first-order valence-electron chi connectivity index (χ1n) is 5.39. The first kappa shape index (κ1) is 12.4. The lowest BCUT2D eigenvalue weighted by Gasteiger charge is -2.09. The van der Waals surface area contributed by atoms with Gasteiger partial charge in [-0.05, 0) is 25.3 Å². The standard InChI is InChI=1S/C13H18BrN/c1-5-6-7-11-10(4)15-13(9(2)3)8-12(11)14/h6-9H,5H2,1-4H3/b7-6-. The summed E-state index contributed by atoms with van der Waals surface area (Å²) in [5.74, 6) is 0.476. The van der Waals surface area contributed by atoms with Crippen LogP contribution in [0.1, 0.15) is 50.1 Å². The summed E-state index contributed by atoms with van der Waals surface area (Å²) in [4.78, 5) is 4.61. The van der Waals surface area contributed by atoms with Crippen LogP contribution in [0.4, 0.5) is 0 Å². The van der Waals surface area contributed by atoms with E-state index in [4.69, 9.17) is 0 Å². The Morgan fingerprint density at radius 3 is 2.60 bits per heavy atom. The largest absolute Gasteiger partial charge is 0.257 e. The third kappa shape index (κ3) is 3.16. The van der Waals surface area contributed by atoms with Gasteiger partial charge in [0.2, 0.25) is 0 Å². The first-order chi connectivity index (χ1) is 7.06. The van der Waals surface area contributed by atoms with Crippen molar-refractivity contribution in [1.29, 1.82) is 0 Å². The summed E-state index contributed by atoms with van der Waals surface area (Å²) in [7, 11) is 0. The Bertz CT molecular complexity index is 344. The number of aromatic nitrogens is 1. The summed E-state index contributed by atoms with van der Waals surface area (Å²) < 4.78 is 1.14. The molecule has 1 heterocycles. The maximum absolute atomic E-state index is 4.61. The average molecular weight is 268 g/mol. The zero-order chi connectivity index (χ0) is 11.4. The number of hydrogen-bond acceptors (Lipinski definition) is 1. The van der Waals surface area contributed by atoms with Crippen molar-refractivity contribution in [3.8, 4) is 0 Å². The zero-order valence-corrected chi connectivity index (χ0v) is 11.4. The zero-order valence-electron chi connectivity index (χ0n) is 9.84. The number of halogens is 1. The van der Waals surface area contributed by atoms with Crippen molar-refractivity contribution in [2.75, 3.05) is 0 Å².